The number of thiocarbonyl (C=S) groups is 1. The molecule has 1 atom stereocenters. The van der Waals surface area contributed by atoms with E-state index < -0.39 is 0 Å². The van der Waals surface area contributed by atoms with Gasteiger partial charge in [0.2, 0.25) is 5.91 Å². The van der Waals surface area contributed by atoms with Crippen LogP contribution in [0.3, 0.4) is 0 Å². The highest BCUT2D eigenvalue weighted by atomic mass is 32.2. The van der Waals surface area contributed by atoms with E-state index in [0.717, 1.165) is 16.5 Å². The van der Waals surface area contributed by atoms with Crippen molar-refractivity contribution in [1.82, 2.24) is 4.90 Å². The van der Waals surface area contributed by atoms with Crippen molar-refractivity contribution in [2.24, 2.45) is 5.41 Å². The van der Waals surface area contributed by atoms with Gasteiger partial charge >= 0.3 is 0 Å². The van der Waals surface area contributed by atoms with E-state index in [-0.39, 0.29) is 17.4 Å². The van der Waals surface area contributed by atoms with Gasteiger partial charge in [0, 0.05) is 12.2 Å². The van der Waals surface area contributed by atoms with Crippen molar-refractivity contribution in [1.29, 1.82) is 0 Å². The van der Waals surface area contributed by atoms with Crippen molar-refractivity contribution in [2.75, 3.05) is 5.75 Å². The molecule has 0 aliphatic carbocycles. The summed E-state index contributed by atoms with van der Waals surface area (Å²) in [6, 6.07) is 0.258. The van der Waals surface area contributed by atoms with Crippen LogP contribution in [0.4, 0.5) is 0 Å². The Morgan fingerprint density at radius 2 is 2.20 bits per heavy atom. The molecule has 0 spiro atoms. The van der Waals surface area contributed by atoms with E-state index in [1.807, 2.05) is 11.8 Å². The summed E-state index contributed by atoms with van der Waals surface area (Å²) in [5.74, 6) is 1.13. The molecule has 0 bridgehead atoms. The fourth-order valence-electron chi connectivity index (χ4n) is 1.67. The Morgan fingerprint density at radius 3 is 2.67 bits per heavy atom. The van der Waals surface area contributed by atoms with Gasteiger partial charge in [0.1, 0.15) is 4.32 Å². The maximum atomic E-state index is 11.9. The summed E-state index contributed by atoms with van der Waals surface area (Å²) in [5, 5.41) is 0. The van der Waals surface area contributed by atoms with Gasteiger partial charge in [-0.1, -0.05) is 51.7 Å². The summed E-state index contributed by atoms with van der Waals surface area (Å²) in [7, 11) is 0. The van der Waals surface area contributed by atoms with Crippen molar-refractivity contribution in [3.63, 3.8) is 0 Å². The highest BCUT2D eigenvalue weighted by Gasteiger charge is 2.40. The highest BCUT2D eigenvalue weighted by Crippen LogP contribution is 2.35. The van der Waals surface area contributed by atoms with Crippen LogP contribution in [0.2, 0.25) is 0 Å². The Bertz CT molecular complexity index is 270. The van der Waals surface area contributed by atoms with Crippen LogP contribution in [0, 0.1) is 5.41 Å². The second-order valence-corrected chi connectivity index (χ2v) is 6.63. The quantitative estimate of drug-likeness (QED) is 0.697. The zero-order chi connectivity index (χ0) is 11.6. The zero-order valence-corrected chi connectivity index (χ0v) is 11.5. The van der Waals surface area contributed by atoms with Gasteiger partial charge in [-0.05, 0) is 11.8 Å². The van der Waals surface area contributed by atoms with Crippen LogP contribution in [0.5, 0.6) is 0 Å². The lowest BCUT2D eigenvalue weighted by atomic mass is 9.87. The molecule has 1 rings (SSSR count). The lowest BCUT2D eigenvalue weighted by molar-refractivity contribution is -0.129. The molecule has 0 radical (unpaired) electrons. The average molecular weight is 245 g/mol. The first-order valence-corrected chi connectivity index (χ1v) is 6.76. The topological polar surface area (TPSA) is 20.3 Å². The Labute approximate surface area is 102 Å². The first kappa shape index (κ1) is 13.0. The summed E-state index contributed by atoms with van der Waals surface area (Å²) in [5.41, 5.74) is 0.108. The van der Waals surface area contributed by atoms with Gasteiger partial charge in [0.15, 0.2) is 0 Å². The van der Waals surface area contributed by atoms with Crippen LogP contribution in [-0.4, -0.2) is 26.9 Å². The first-order valence-electron chi connectivity index (χ1n) is 5.36. The highest BCUT2D eigenvalue weighted by molar-refractivity contribution is 8.23. The molecule has 0 aromatic heterocycles. The molecule has 1 aliphatic rings. The summed E-state index contributed by atoms with van der Waals surface area (Å²) in [6.07, 6.45) is 1.49. The lowest BCUT2D eigenvalue weighted by Gasteiger charge is -2.33. The molecule has 1 fully saturated rings. The summed E-state index contributed by atoms with van der Waals surface area (Å²) in [4.78, 5) is 13.8. The van der Waals surface area contributed by atoms with E-state index in [9.17, 15) is 4.79 Å². The molecule has 86 valence electrons. The van der Waals surface area contributed by atoms with Gasteiger partial charge in [-0.25, -0.2) is 0 Å². The average Bonchev–Trinajstić information content (AvgIpc) is 2.46. The molecule has 2 nitrogen and oxygen atoms in total. The van der Waals surface area contributed by atoms with E-state index >= 15 is 0 Å². The van der Waals surface area contributed by atoms with E-state index in [1.165, 1.54) is 0 Å². The number of hydrogen-bond donors (Lipinski definition) is 0. The van der Waals surface area contributed by atoms with Crippen LogP contribution >= 0.6 is 24.0 Å². The summed E-state index contributed by atoms with van der Waals surface area (Å²) in [6.45, 7) is 8.52. The minimum Gasteiger partial charge on any atom is -0.293 e. The normalized spacial score (nSPS) is 22.3. The Morgan fingerprint density at radius 1 is 1.60 bits per heavy atom. The molecule has 1 aliphatic heterocycles. The van der Waals surface area contributed by atoms with Crippen LogP contribution in [0.15, 0.2) is 0 Å². The fourth-order valence-corrected chi connectivity index (χ4v) is 3.42. The second-order valence-electron chi connectivity index (χ2n) is 4.97. The number of thioether (sulfide) groups is 1. The number of hydrogen-bond acceptors (Lipinski definition) is 3. The van der Waals surface area contributed by atoms with Gasteiger partial charge in [0.05, 0.1) is 6.04 Å². The number of nitrogens with zero attached hydrogens (tertiary/aromatic N) is 1. The molecule has 1 heterocycles. The van der Waals surface area contributed by atoms with Crippen molar-refractivity contribution >= 4 is 34.2 Å². The summed E-state index contributed by atoms with van der Waals surface area (Å²) < 4.78 is 0.758. The Kier molecular flexibility index (Phi) is 4.18. The number of rotatable bonds is 2. The molecule has 0 saturated carbocycles. The molecule has 4 heteroatoms. The minimum atomic E-state index is 0.108. The number of amides is 1. The van der Waals surface area contributed by atoms with Crippen LogP contribution in [0.25, 0.3) is 0 Å². The predicted molar refractivity (Wildman–Crippen MR) is 70.1 cm³/mol. The standard InChI is InChI=1S/C11H19NOS2/c1-5-6-9(13)12-8(11(2,3)4)7-15-10(12)14/h8H,5-7H2,1-4H3/t8-/m1/s1. The third-order valence-electron chi connectivity index (χ3n) is 2.61. The van der Waals surface area contributed by atoms with Gasteiger partial charge in [-0.15, -0.1) is 0 Å². The van der Waals surface area contributed by atoms with Gasteiger partial charge in [-0.3, -0.25) is 9.69 Å². The molecule has 15 heavy (non-hydrogen) atoms. The molecule has 0 aromatic rings. The Hall–Kier alpha value is -0.0900. The zero-order valence-electron chi connectivity index (χ0n) is 9.87. The van der Waals surface area contributed by atoms with Crippen LogP contribution < -0.4 is 0 Å². The SMILES string of the molecule is CCCC(=O)N1C(=S)SC[C@@H]1C(C)(C)C. The second kappa shape index (κ2) is 4.83. The monoisotopic (exact) mass is 245 g/mol. The number of carbonyl (C=O) groups excluding carboxylic acids is 1. The van der Waals surface area contributed by atoms with Crippen LogP contribution in [-0.2, 0) is 4.79 Å². The smallest absolute Gasteiger partial charge is 0.228 e. The van der Waals surface area contributed by atoms with Crippen molar-refractivity contribution in [3.05, 3.63) is 0 Å². The number of carbonyl (C=O) groups is 1. The molecule has 0 N–H and O–H groups in total. The van der Waals surface area contributed by atoms with E-state index in [0.29, 0.717) is 6.42 Å². The molecular weight excluding hydrogens is 226 g/mol. The van der Waals surface area contributed by atoms with Gasteiger partial charge in [-0.2, -0.15) is 0 Å². The fraction of sp³-hybridized carbons (Fsp3) is 0.818. The largest absolute Gasteiger partial charge is 0.293 e. The Balaban J connectivity index is 2.82. The lowest BCUT2D eigenvalue weighted by Crippen LogP contribution is -2.45. The predicted octanol–water partition coefficient (Wildman–Crippen LogP) is 3.06. The first-order chi connectivity index (χ1) is 6.88. The van der Waals surface area contributed by atoms with E-state index in [1.54, 1.807) is 11.8 Å². The third kappa shape index (κ3) is 2.94. The maximum Gasteiger partial charge on any atom is 0.228 e. The third-order valence-corrected chi connectivity index (χ3v) is 4.08. The molecule has 1 saturated heterocycles. The van der Waals surface area contributed by atoms with Crippen LogP contribution in [0.1, 0.15) is 40.5 Å². The van der Waals surface area contributed by atoms with Crippen molar-refractivity contribution in [3.8, 4) is 0 Å². The molecular formula is C11H19NOS2. The molecule has 1 amide bonds. The molecule has 0 aromatic carbocycles. The van der Waals surface area contributed by atoms with Crippen molar-refractivity contribution < 1.29 is 4.79 Å². The minimum absolute atomic E-state index is 0.108. The summed E-state index contributed by atoms with van der Waals surface area (Å²) >= 11 is 6.88. The van der Waals surface area contributed by atoms with E-state index in [4.69, 9.17) is 12.2 Å². The van der Waals surface area contributed by atoms with Gasteiger partial charge in [0.25, 0.3) is 0 Å². The van der Waals surface area contributed by atoms with E-state index in [2.05, 4.69) is 20.8 Å². The molecule has 0 unspecified atom stereocenters. The van der Waals surface area contributed by atoms with Crippen molar-refractivity contribution in [2.45, 2.75) is 46.6 Å². The maximum absolute atomic E-state index is 11.9. The van der Waals surface area contributed by atoms with Gasteiger partial charge < -0.3 is 0 Å².